The zero-order valence-electron chi connectivity index (χ0n) is 22.2. The Balaban J connectivity index is 7.86. The van der Waals surface area contributed by atoms with Crippen molar-refractivity contribution in [2.24, 2.45) is 13.8 Å². The van der Waals surface area contributed by atoms with E-state index < -0.39 is 22.5 Å². The molecule has 0 fully saturated rings. The van der Waals surface area contributed by atoms with E-state index in [4.69, 9.17) is 13.8 Å². The molecule has 0 N–H and O–H groups in total. The molecule has 182 valence electrons. The summed E-state index contributed by atoms with van der Waals surface area (Å²) in [6.07, 6.45) is 0.996. The first-order valence-electron chi connectivity index (χ1n) is 10.2. The van der Waals surface area contributed by atoms with Gasteiger partial charge in [-0.05, 0) is 105 Å². The zero-order valence-corrected chi connectivity index (χ0v) is 24.9. The van der Waals surface area contributed by atoms with Crippen molar-refractivity contribution in [3.63, 3.8) is 0 Å². The molecule has 0 aliphatic rings. The molecule has 0 spiro atoms. The molecular formula is C17H49N10P3. The van der Waals surface area contributed by atoms with Crippen LogP contribution < -0.4 is 0 Å². The monoisotopic (exact) mass is 486 g/mol. The third kappa shape index (κ3) is 6.05. The first-order chi connectivity index (χ1) is 13.6. The molecule has 0 bridgehead atoms. The summed E-state index contributed by atoms with van der Waals surface area (Å²) >= 11 is 0. The van der Waals surface area contributed by atoms with Crippen molar-refractivity contribution >= 4 is 22.5 Å². The lowest BCUT2D eigenvalue weighted by molar-refractivity contribution is 0.472. The van der Waals surface area contributed by atoms with Gasteiger partial charge in [0.15, 0.2) is 7.51 Å². The van der Waals surface area contributed by atoms with E-state index in [1.165, 1.54) is 0 Å². The Hall–Kier alpha value is 0.410. The van der Waals surface area contributed by atoms with Crippen LogP contribution in [-0.2, 0) is 0 Å². The second kappa shape index (κ2) is 12.0. The number of rotatable bonds is 11. The van der Waals surface area contributed by atoms with Gasteiger partial charge in [0.1, 0.15) is 0 Å². The van der Waals surface area contributed by atoms with Crippen LogP contribution >= 0.6 is 22.5 Å². The summed E-state index contributed by atoms with van der Waals surface area (Å²) in [5.41, 5.74) is 0. The molecule has 0 atom stereocenters. The molecule has 0 heterocycles. The normalized spacial score (nSPS) is 14.2. The van der Waals surface area contributed by atoms with Crippen molar-refractivity contribution < 1.29 is 0 Å². The van der Waals surface area contributed by atoms with Crippen LogP contribution in [0.5, 0.6) is 0 Å². The minimum absolute atomic E-state index is 0.782. The molecule has 0 aliphatic carbocycles. The highest BCUT2D eigenvalue weighted by Gasteiger charge is 2.39. The summed E-state index contributed by atoms with van der Waals surface area (Å²) in [4.78, 5) is 0. The van der Waals surface area contributed by atoms with E-state index in [-0.39, 0.29) is 0 Å². The van der Waals surface area contributed by atoms with Gasteiger partial charge in [-0.15, -0.1) is 0 Å². The fraction of sp³-hybridized carbons (Fsp3) is 1.00. The Labute approximate surface area is 187 Å². The van der Waals surface area contributed by atoms with Gasteiger partial charge in [-0.2, -0.15) is 9.03 Å². The van der Waals surface area contributed by atoms with E-state index >= 15 is 0 Å². The highest BCUT2D eigenvalue weighted by Crippen LogP contribution is 2.73. The molecule has 0 amide bonds. The minimum atomic E-state index is -2.48. The fourth-order valence-electron chi connectivity index (χ4n) is 3.36. The summed E-state index contributed by atoms with van der Waals surface area (Å²) in [5, 5.41) is 0. The first-order valence-corrected chi connectivity index (χ1v) is 15.0. The summed E-state index contributed by atoms with van der Waals surface area (Å²) < 4.78 is 32.1. The first kappa shape index (κ1) is 30.4. The van der Waals surface area contributed by atoms with Crippen molar-refractivity contribution in [3.8, 4) is 0 Å². The molecule has 0 aromatic carbocycles. The quantitative estimate of drug-likeness (QED) is 0.407. The highest BCUT2D eigenvalue weighted by molar-refractivity contribution is 7.76. The average molecular weight is 487 g/mol. The van der Waals surface area contributed by atoms with Crippen molar-refractivity contribution in [2.45, 2.75) is 13.3 Å². The van der Waals surface area contributed by atoms with Gasteiger partial charge in [-0.25, -0.2) is 18.7 Å². The maximum absolute atomic E-state index is 5.69. The molecule has 0 rings (SSSR count). The number of hydrogen-bond acceptors (Lipinski definition) is 1. The van der Waals surface area contributed by atoms with Crippen molar-refractivity contribution in [1.29, 1.82) is 0 Å². The minimum Gasteiger partial charge on any atom is -0.255 e. The average Bonchev–Trinajstić information content (AvgIpc) is 2.59. The topological polar surface area (TPSA) is 59.8 Å². The van der Waals surface area contributed by atoms with E-state index in [2.05, 4.69) is 138 Å². The van der Waals surface area contributed by atoms with E-state index in [1.807, 2.05) is 0 Å². The molecular weight excluding hydrogens is 437 g/mol. The zero-order chi connectivity index (χ0) is 24.1. The Morgan fingerprint density at radius 3 is 1.03 bits per heavy atom. The molecule has 13 heteroatoms. The van der Waals surface area contributed by atoms with E-state index in [1.54, 1.807) is 0 Å². The summed E-state index contributed by atoms with van der Waals surface area (Å²) in [6.45, 7) is 2.94. The SMILES string of the molecule is CCCN=P(N=P(N=P(N(C)C)(N(C)C)N(C)C)(N(C)C)N(C)C)(N(C)C)N(C)C. The number of hydrogen-bond donors (Lipinski definition) is 0. The molecule has 30 heavy (non-hydrogen) atoms. The molecule has 0 radical (unpaired) electrons. The second-order valence-corrected chi connectivity index (χ2v) is 19.1. The van der Waals surface area contributed by atoms with E-state index in [0.29, 0.717) is 0 Å². The Morgan fingerprint density at radius 2 is 0.800 bits per heavy atom. The molecule has 0 aromatic heterocycles. The Morgan fingerprint density at radius 1 is 0.467 bits per heavy atom. The smallest absolute Gasteiger partial charge is 0.219 e. The van der Waals surface area contributed by atoms with Crippen molar-refractivity contribution in [2.75, 3.05) is 105 Å². The van der Waals surface area contributed by atoms with Gasteiger partial charge in [0.25, 0.3) is 0 Å². The summed E-state index contributed by atoms with van der Waals surface area (Å²) in [5.74, 6) is 0. The fourth-order valence-corrected chi connectivity index (χ4v) is 16.9. The third-order valence-corrected chi connectivity index (χ3v) is 16.7. The van der Waals surface area contributed by atoms with E-state index in [9.17, 15) is 0 Å². The van der Waals surface area contributed by atoms with Gasteiger partial charge >= 0.3 is 0 Å². The van der Waals surface area contributed by atoms with Crippen molar-refractivity contribution in [3.05, 3.63) is 0 Å². The number of nitrogens with zero attached hydrogens (tertiary/aromatic N) is 10. The standard InChI is InChI=1S/C17H49N10P3/c1-16-17-18-28(21(2)3,22(4)5)19-29(23(6)7,24(8)9)20-30(25(10)11,26(12)13)27(14)15/h16-17H2,1-15H3. The Bertz CT molecular complexity index is 643. The van der Waals surface area contributed by atoms with Crippen LogP contribution in [0.1, 0.15) is 13.3 Å². The summed E-state index contributed by atoms with van der Waals surface area (Å²) in [7, 11) is 22.4. The van der Waals surface area contributed by atoms with Crippen LogP contribution in [0, 0.1) is 0 Å². The summed E-state index contributed by atoms with van der Waals surface area (Å²) in [6, 6.07) is 0. The third-order valence-electron chi connectivity index (χ3n) is 4.75. The lowest BCUT2D eigenvalue weighted by Gasteiger charge is -2.46. The molecule has 0 saturated heterocycles. The van der Waals surface area contributed by atoms with Crippen LogP contribution in [0.4, 0.5) is 0 Å². The van der Waals surface area contributed by atoms with E-state index in [0.717, 1.165) is 13.0 Å². The molecule has 0 aliphatic heterocycles. The maximum Gasteiger partial charge on any atom is 0.219 e. The van der Waals surface area contributed by atoms with Crippen LogP contribution in [0.15, 0.2) is 13.8 Å². The van der Waals surface area contributed by atoms with Crippen LogP contribution in [0.2, 0.25) is 0 Å². The lowest BCUT2D eigenvalue weighted by atomic mass is 10.5. The molecule has 0 saturated carbocycles. The van der Waals surface area contributed by atoms with Gasteiger partial charge in [-0.3, -0.25) is 18.8 Å². The van der Waals surface area contributed by atoms with Gasteiger partial charge in [0, 0.05) is 6.54 Å². The van der Waals surface area contributed by atoms with Gasteiger partial charge < -0.3 is 0 Å². The van der Waals surface area contributed by atoms with Crippen LogP contribution in [0.3, 0.4) is 0 Å². The maximum atomic E-state index is 5.69. The molecule has 0 unspecified atom stereocenters. The van der Waals surface area contributed by atoms with Gasteiger partial charge in [0.2, 0.25) is 15.0 Å². The predicted octanol–water partition coefficient (Wildman–Crippen LogP) is 4.17. The van der Waals surface area contributed by atoms with Crippen LogP contribution in [0.25, 0.3) is 0 Å². The van der Waals surface area contributed by atoms with Crippen molar-refractivity contribution in [1.82, 2.24) is 32.7 Å². The second-order valence-electron chi connectivity index (χ2n) is 8.58. The van der Waals surface area contributed by atoms with Gasteiger partial charge in [0.05, 0.1) is 0 Å². The van der Waals surface area contributed by atoms with Crippen LogP contribution in [-0.4, -0.2) is 138 Å². The molecule has 10 nitrogen and oxygen atoms in total. The predicted molar refractivity (Wildman–Crippen MR) is 139 cm³/mol. The highest BCUT2D eigenvalue weighted by atomic mass is 31.2. The molecule has 0 aromatic rings. The van der Waals surface area contributed by atoms with Gasteiger partial charge in [-0.1, -0.05) is 6.92 Å². The lowest BCUT2D eigenvalue weighted by Crippen LogP contribution is -2.32. The largest absolute Gasteiger partial charge is 0.255 e. The Kier molecular flexibility index (Phi) is 12.2.